The van der Waals surface area contributed by atoms with Crippen molar-refractivity contribution in [3.8, 4) is 5.75 Å². The summed E-state index contributed by atoms with van der Waals surface area (Å²) in [5.41, 5.74) is 3.18. The molecule has 6 atom stereocenters. The largest absolute Gasteiger partial charge is 0.490 e. The van der Waals surface area contributed by atoms with Gasteiger partial charge in [0, 0.05) is 41.6 Å². The number of halogens is 1. The zero-order valence-electron chi connectivity index (χ0n) is 31.5. The van der Waals surface area contributed by atoms with Crippen LogP contribution in [0.3, 0.4) is 0 Å². The van der Waals surface area contributed by atoms with Crippen LogP contribution in [0.1, 0.15) is 81.8 Å². The monoisotopic (exact) mass is 756 g/mol. The highest BCUT2D eigenvalue weighted by atomic mass is 35.5. The van der Waals surface area contributed by atoms with Gasteiger partial charge in [-0.05, 0) is 105 Å². The molecule has 0 saturated carbocycles. The van der Waals surface area contributed by atoms with Crippen molar-refractivity contribution in [1.29, 1.82) is 0 Å². The summed E-state index contributed by atoms with van der Waals surface area (Å²) in [6.07, 6.45) is 7.41. The number of ether oxygens (including phenoxy) is 2. The Hall–Kier alpha value is -2.63. The first-order valence-corrected chi connectivity index (χ1v) is 23.1. The van der Waals surface area contributed by atoms with E-state index >= 15 is 0 Å². The van der Waals surface area contributed by atoms with E-state index < -0.39 is 29.5 Å². The van der Waals surface area contributed by atoms with E-state index in [-0.39, 0.29) is 40.1 Å². The van der Waals surface area contributed by atoms with E-state index in [1.807, 2.05) is 19.1 Å². The number of rotatable bonds is 12. The Labute approximate surface area is 312 Å². The van der Waals surface area contributed by atoms with Crippen LogP contribution in [0.25, 0.3) is 0 Å². The Balaban J connectivity index is 1.51. The van der Waals surface area contributed by atoms with Gasteiger partial charge in [-0.3, -0.25) is 4.79 Å². The van der Waals surface area contributed by atoms with Crippen molar-refractivity contribution >= 4 is 41.5 Å². The van der Waals surface area contributed by atoms with E-state index in [1.165, 1.54) is 11.1 Å². The fourth-order valence-electron chi connectivity index (χ4n) is 7.56. The number of fused-ring (bicyclic) bond motifs is 3. The van der Waals surface area contributed by atoms with Gasteiger partial charge in [-0.1, -0.05) is 57.5 Å². The van der Waals surface area contributed by atoms with E-state index in [2.05, 4.69) is 68.8 Å². The lowest BCUT2D eigenvalue weighted by molar-refractivity contribution is 0.0109. The minimum absolute atomic E-state index is 0.0268. The maximum Gasteiger partial charge on any atom is 0.264 e. The SMILES string of the molecule is C=CC[C@H](C)[C@@H](C)S(=O)(=O)NC(=O)c1ccc2c(c1)N(C[C@@H]1CCO[C@H]1C(C=C)O[Si](C)(C)C(C)(C)C)C[C@@]1(CCCc3cc(Cl)ccc31)CO2. The molecule has 2 heterocycles. The van der Waals surface area contributed by atoms with Crippen molar-refractivity contribution in [2.75, 3.05) is 31.2 Å². The Morgan fingerprint density at radius 2 is 1.94 bits per heavy atom. The van der Waals surface area contributed by atoms with E-state index in [0.29, 0.717) is 38.5 Å². The summed E-state index contributed by atoms with van der Waals surface area (Å²) in [6, 6.07) is 11.4. The van der Waals surface area contributed by atoms with Crippen molar-refractivity contribution < 1.29 is 27.1 Å². The van der Waals surface area contributed by atoms with Gasteiger partial charge in [-0.25, -0.2) is 13.1 Å². The van der Waals surface area contributed by atoms with E-state index in [1.54, 1.807) is 31.2 Å². The van der Waals surface area contributed by atoms with Crippen molar-refractivity contribution in [2.45, 2.75) is 108 Å². The van der Waals surface area contributed by atoms with Crippen molar-refractivity contribution in [1.82, 2.24) is 4.72 Å². The molecule has 2 aliphatic heterocycles. The quantitative estimate of drug-likeness (QED) is 0.172. The van der Waals surface area contributed by atoms with Crippen LogP contribution in [-0.4, -0.2) is 66.4 Å². The summed E-state index contributed by atoms with van der Waals surface area (Å²) in [7, 11) is -6.07. The molecule has 2 aromatic rings. The zero-order chi connectivity index (χ0) is 37.4. The molecule has 280 valence electrons. The molecular formula is C40H57ClN2O6SSi. The lowest BCUT2D eigenvalue weighted by atomic mass is 9.70. The predicted molar refractivity (Wildman–Crippen MR) is 210 cm³/mol. The van der Waals surface area contributed by atoms with Crippen molar-refractivity contribution in [3.63, 3.8) is 0 Å². The number of benzene rings is 2. The Morgan fingerprint density at radius 3 is 2.63 bits per heavy atom. The number of carbonyl (C=O) groups excluding carboxylic acids is 1. The molecule has 5 rings (SSSR count). The lowest BCUT2D eigenvalue weighted by Crippen LogP contribution is -2.50. The third-order valence-electron chi connectivity index (χ3n) is 11.9. The van der Waals surface area contributed by atoms with Crippen LogP contribution in [0.15, 0.2) is 61.7 Å². The first-order valence-electron chi connectivity index (χ1n) is 18.3. The molecule has 1 spiro atoms. The molecule has 0 radical (unpaired) electrons. The van der Waals surface area contributed by atoms with Gasteiger partial charge in [0.1, 0.15) is 5.75 Å². The molecule has 1 fully saturated rings. The Kier molecular flexibility index (Phi) is 11.9. The fourth-order valence-corrected chi connectivity index (χ4v) is 10.3. The van der Waals surface area contributed by atoms with Gasteiger partial charge < -0.3 is 18.8 Å². The molecule has 1 unspecified atom stereocenters. The van der Waals surface area contributed by atoms with Gasteiger partial charge in [0.05, 0.1) is 29.8 Å². The van der Waals surface area contributed by atoms with Crippen LogP contribution in [-0.2, 0) is 31.0 Å². The molecular weight excluding hydrogens is 700 g/mol. The summed E-state index contributed by atoms with van der Waals surface area (Å²) in [5.74, 6) is -0.0916. The maximum absolute atomic E-state index is 13.6. The number of hydrogen-bond donors (Lipinski definition) is 1. The topological polar surface area (TPSA) is 94.2 Å². The van der Waals surface area contributed by atoms with Crippen LogP contribution in [0, 0.1) is 11.8 Å². The van der Waals surface area contributed by atoms with Crippen LogP contribution in [0.5, 0.6) is 5.75 Å². The minimum atomic E-state index is -3.93. The molecule has 0 bridgehead atoms. The van der Waals surface area contributed by atoms with E-state index in [0.717, 1.165) is 36.4 Å². The number of anilines is 1. The zero-order valence-corrected chi connectivity index (χ0v) is 34.0. The molecule has 1 saturated heterocycles. The molecule has 3 aliphatic rings. The highest BCUT2D eigenvalue weighted by Crippen LogP contribution is 2.46. The third-order valence-corrected chi connectivity index (χ3v) is 18.5. The number of amides is 1. The average molecular weight is 758 g/mol. The summed E-state index contributed by atoms with van der Waals surface area (Å²) in [5, 5.41) is -0.0214. The lowest BCUT2D eigenvalue weighted by Gasteiger charge is -2.43. The molecule has 11 heteroatoms. The summed E-state index contributed by atoms with van der Waals surface area (Å²) < 4.78 is 48.8. The summed E-state index contributed by atoms with van der Waals surface area (Å²) >= 11 is 6.47. The fraction of sp³-hybridized carbons (Fsp3) is 0.575. The van der Waals surface area contributed by atoms with Crippen LogP contribution in [0.4, 0.5) is 5.69 Å². The molecule has 2 aromatic carbocycles. The number of nitrogens with one attached hydrogen (secondary N) is 1. The highest BCUT2D eigenvalue weighted by Gasteiger charge is 2.46. The standard InChI is InChI=1S/C40H57ClN2O6SSi/c1-10-13-27(3)28(4)50(45,46)42-38(44)30-15-18-36-34(23-30)43(25-40(26-48-36)20-12-14-29-22-32(41)16-17-33(29)40)24-31-19-21-47-37(31)35(11-2)49-51(8,9)39(5,6)7/h10-11,15-18,22-23,27-28,31,35,37H,1-2,12-14,19-21,24-26H2,3-9H3,(H,42,44)/t27-,28+,31-,35?,37+,40-/m0/s1. The predicted octanol–water partition coefficient (Wildman–Crippen LogP) is 8.45. The minimum Gasteiger partial charge on any atom is -0.490 e. The second-order valence-corrected chi connectivity index (χ2v) is 23.7. The number of allylic oxidation sites excluding steroid dienone is 1. The van der Waals surface area contributed by atoms with Gasteiger partial charge >= 0.3 is 0 Å². The Bertz CT molecular complexity index is 1730. The van der Waals surface area contributed by atoms with Gasteiger partial charge in [-0.2, -0.15) is 0 Å². The molecule has 51 heavy (non-hydrogen) atoms. The Morgan fingerprint density at radius 1 is 1.20 bits per heavy atom. The van der Waals surface area contributed by atoms with Gasteiger partial charge in [-0.15, -0.1) is 13.2 Å². The molecule has 1 aliphatic carbocycles. The van der Waals surface area contributed by atoms with E-state index in [4.69, 9.17) is 25.5 Å². The first-order chi connectivity index (χ1) is 23.9. The summed E-state index contributed by atoms with van der Waals surface area (Å²) in [4.78, 5) is 16.0. The number of nitrogens with zero attached hydrogens (tertiary/aromatic N) is 1. The summed E-state index contributed by atoms with van der Waals surface area (Å²) in [6.45, 7) is 24.9. The number of aryl methyl sites for hydroxylation is 1. The molecule has 1 amide bonds. The smallest absolute Gasteiger partial charge is 0.264 e. The van der Waals surface area contributed by atoms with Gasteiger partial charge in [0.25, 0.3) is 5.91 Å². The van der Waals surface area contributed by atoms with Crippen LogP contribution < -0.4 is 14.4 Å². The van der Waals surface area contributed by atoms with E-state index in [9.17, 15) is 13.2 Å². The maximum atomic E-state index is 13.6. The van der Waals surface area contributed by atoms with Crippen LogP contribution in [0.2, 0.25) is 23.2 Å². The van der Waals surface area contributed by atoms with Crippen molar-refractivity contribution in [3.05, 3.63) is 83.4 Å². The number of hydrogen-bond acceptors (Lipinski definition) is 7. The second kappa shape index (κ2) is 15.4. The second-order valence-electron chi connectivity index (χ2n) is 16.4. The highest BCUT2D eigenvalue weighted by molar-refractivity contribution is 7.90. The number of carbonyl (C=O) groups is 1. The van der Waals surface area contributed by atoms with Gasteiger partial charge in [0.2, 0.25) is 10.0 Å². The first kappa shape index (κ1) is 39.6. The normalized spacial score (nSPS) is 24.0. The third kappa shape index (κ3) is 8.46. The van der Waals surface area contributed by atoms with Gasteiger partial charge in [0.15, 0.2) is 8.32 Å². The van der Waals surface area contributed by atoms with Crippen molar-refractivity contribution in [2.24, 2.45) is 11.8 Å². The van der Waals surface area contributed by atoms with Crippen LogP contribution >= 0.6 is 11.6 Å². The average Bonchev–Trinajstić information content (AvgIpc) is 3.46. The molecule has 1 N–H and O–H groups in total. The number of sulfonamides is 1. The molecule has 8 nitrogen and oxygen atoms in total. The molecule has 0 aromatic heterocycles.